The lowest BCUT2D eigenvalue weighted by Crippen LogP contribution is -2.24. The number of rotatable bonds is 7. The van der Waals surface area contributed by atoms with Gasteiger partial charge in [0.15, 0.2) is 0 Å². The second kappa shape index (κ2) is 9.21. The summed E-state index contributed by atoms with van der Waals surface area (Å²) in [6, 6.07) is 13.4. The highest BCUT2D eigenvalue weighted by atomic mass is 79.9. The van der Waals surface area contributed by atoms with Gasteiger partial charge in [0.05, 0.1) is 17.3 Å². The number of thioether (sulfide) groups is 1. The van der Waals surface area contributed by atoms with Crippen molar-refractivity contribution in [3.8, 4) is 5.75 Å². The second-order valence-electron chi connectivity index (χ2n) is 4.83. The Bertz CT molecular complexity index is 681. The van der Waals surface area contributed by atoms with Crippen LogP contribution in [0.25, 0.3) is 0 Å². The van der Waals surface area contributed by atoms with E-state index in [1.165, 1.54) is 0 Å². The van der Waals surface area contributed by atoms with Gasteiger partial charge in [-0.3, -0.25) is 4.79 Å². The van der Waals surface area contributed by atoms with Gasteiger partial charge in [0.2, 0.25) is 5.91 Å². The number of ether oxygens (including phenoxy) is 1. The average Bonchev–Trinajstić information content (AvgIpc) is 2.54. The lowest BCUT2D eigenvalue weighted by molar-refractivity contribution is -0.118. The van der Waals surface area contributed by atoms with Crippen molar-refractivity contribution in [2.45, 2.75) is 12.3 Å². The van der Waals surface area contributed by atoms with E-state index in [9.17, 15) is 4.79 Å². The number of benzene rings is 2. The van der Waals surface area contributed by atoms with Gasteiger partial charge in [-0.2, -0.15) is 0 Å². The summed E-state index contributed by atoms with van der Waals surface area (Å²) in [7, 11) is 1.64. The first-order valence-corrected chi connectivity index (χ1v) is 9.33. The maximum atomic E-state index is 11.9. The van der Waals surface area contributed by atoms with Crippen LogP contribution in [0.3, 0.4) is 0 Å². The first-order chi connectivity index (χ1) is 11.1. The molecule has 0 spiro atoms. The van der Waals surface area contributed by atoms with Crippen LogP contribution in [0.1, 0.15) is 11.1 Å². The molecule has 0 aromatic heterocycles. The molecule has 23 heavy (non-hydrogen) atoms. The van der Waals surface area contributed by atoms with E-state index in [1.807, 2.05) is 42.5 Å². The van der Waals surface area contributed by atoms with Gasteiger partial charge in [0.25, 0.3) is 0 Å². The molecule has 0 radical (unpaired) electrons. The predicted molar refractivity (Wildman–Crippen MR) is 100 cm³/mol. The Labute approximate surface area is 153 Å². The summed E-state index contributed by atoms with van der Waals surface area (Å²) in [5.41, 5.74) is 2.06. The normalized spacial score (nSPS) is 10.4. The lowest BCUT2D eigenvalue weighted by Gasteiger charge is -2.08. The first kappa shape index (κ1) is 18.2. The van der Waals surface area contributed by atoms with Gasteiger partial charge < -0.3 is 10.1 Å². The van der Waals surface area contributed by atoms with Gasteiger partial charge in [-0.05, 0) is 45.3 Å². The molecule has 2 rings (SSSR count). The number of carbonyl (C=O) groups is 1. The SMILES string of the molecule is COc1ccc(CSCC(=O)NCc2ccccc2Cl)cc1Br. The summed E-state index contributed by atoms with van der Waals surface area (Å²) in [6.07, 6.45) is 0. The number of carbonyl (C=O) groups excluding carboxylic acids is 1. The molecular formula is C17H17BrClNO2S. The van der Waals surface area contributed by atoms with E-state index < -0.39 is 0 Å². The molecule has 122 valence electrons. The third-order valence-electron chi connectivity index (χ3n) is 3.15. The van der Waals surface area contributed by atoms with Gasteiger partial charge in [0, 0.05) is 17.3 Å². The number of amides is 1. The topological polar surface area (TPSA) is 38.3 Å². The molecule has 6 heteroatoms. The molecule has 0 aliphatic carbocycles. The van der Waals surface area contributed by atoms with Crippen LogP contribution in [0.2, 0.25) is 5.02 Å². The Balaban J connectivity index is 1.74. The molecule has 0 bridgehead atoms. The molecule has 0 unspecified atom stereocenters. The summed E-state index contributed by atoms with van der Waals surface area (Å²) in [4.78, 5) is 11.9. The Morgan fingerprint density at radius 2 is 2.09 bits per heavy atom. The fraction of sp³-hybridized carbons (Fsp3) is 0.235. The lowest BCUT2D eigenvalue weighted by atomic mass is 10.2. The van der Waals surface area contributed by atoms with Crippen molar-refractivity contribution in [3.05, 3.63) is 63.1 Å². The van der Waals surface area contributed by atoms with Crippen LogP contribution in [0.5, 0.6) is 5.75 Å². The van der Waals surface area contributed by atoms with E-state index >= 15 is 0 Å². The molecule has 2 aromatic carbocycles. The third-order valence-corrected chi connectivity index (χ3v) is 5.14. The van der Waals surface area contributed by atoms with Crippen LogP contribution in [0, 0.1) is 0 Å². The highest BCUT2D eigenvalue weighted by Crippen LogP contribution is 2.27. The van der Waals surface area contributed by atoms with Crippen molar-refractivity contribution in [3.63, 3.8) is 0 Å². The van der Waals surface area contributed by atoms with E-state index in [-0.39, 0.29) is 5.91 Å². The van der Waals surface area contributed by atoms with Crippen molar-refractivity contribution in [1.82, 2.24) is 5.32 Å². The minimum atomic E-state index is 0.00231. The molecule has 2 aromatic rings. The van der Waals surface area contributed by atoms with E-state index in [1.54, 1.807) is 18.9 Å². The number of nitrogens with one attached hydrogen (secondary N) is 1. The molecule has 0 aliphatic rings. The molecule has 0 aliphatic heterocycles. The molecule has 3 nitrogen and oxygen atoms in total. The summed E-state index contributed by atoms with van der Waals surface area (Å²) in [5, 5.41) is 3.55. The smallest absolute Gasteiger partial charge is 0.230 e. The van der Waals surface area contributed by atoms with Crippen molar-refractivity contribution in [2.24, 2.45) is 0 Å². The van der Waals surface area contributed by atoms with Gasteiger partial charge in [0.1, 0.15) is 5.75 Å². The zero-order valence-electron chi connectivity index (χ0n) is 12.6. The van der Waals surface area contributed by atoms with Crippen LogP contribution < -0.4 is 10.1 Å². The predicted octanol–water partition coefficient (Wildman–Crippen LogP) is 4.66. The molecule has 0 saturated heterocycles. The Morgan fingerprint density at radius 3 is 2.78 bits per heavy atom. The molecular weight excluding hydrogens is 398 g/mol. The molecule has 1 amide bonds. The van der Waals surface area contributed by atoms with Crippen LogP contribution in [-0.4, -0.2) is 18.8 Å². The summed E-state index contributed by atoms with van der Waals surface area (Å²) in [6.45, 7) is 0.452. The van der Waals surface area contributed by atoms with Crippen molar-refractivity contribution in [2.75, 3.05) is 12.9 Å². The van der Waals surface area contributed by atoms with E-state index in [0.29, 0.717) is 17.3 Å². The van der Waals surface area contributed by atoms with Crippen LogP contribution >= 0.6 is 39.3 Å². The number of hydrogen-bond donors (Lipinski definition) is 1. The molecule has 1 N–H and O–H groups in total. The minimum absolute atomic E-state index is 0.00231. The largest absolute Gasteiger partial charge is 0.496 e. The highest BCUT2D eigenvalue weighted by Gasteiger charge is 2.06. The quantitative estimate of drug-likeness (QED) is 0.716. The molecule has 0 heterocycles. The monoisotopic (exact) mass is 413 g/mol. The third kappa shape index (κ3) is 5.75. The Hall–Kier alpha value is -1.17. The fourth-order valence-corrected chi connectivity index (χ4v) is 3.54. The van der Waals surface area contributed by atoms with Crippen LogP contribution in [-0.2, 0) is 17.1 Å². The average molecular weight is 415 g/mol. The van der Waals surface area contributed by atoms with Gasteiger partial charge >= 0.3 is 0 Å². The molecule has 0 atom stereocenters. The zero-order valence-corrected chi connectivity index (χ0v) is 15.8. The maximum Gasteiger partial charge on any atom is 0.230 e. The summed E-state index contributed by atoms with van der Waals surface area (Å²) < 4.78 is 6.12. The standard InChI is InChI=1S/C17H17BrClNO2S/c1-22-16-7-6-12(8-14(16)18)10-23-11-17(21)20-9-13-4-2-3-5-15(13)19/h2-8H,9-11H2,1H3,(H,20,21). The molecule has 0 saturated carbocycles. The van der Waals surface area contributed by atoms with Gasteiger partial charge in [-0.15, -0.1) is 11.8 Å². The number of halogens is 2. The maximum absolute atomic E-state index is 11.9. The Morgan fingerprint density at radius 1 is 1.30 bits per heavy atom. The fourth-order valence-electron chi connectivity index (χ4n) is 1.95. The van der Waals surface area contributed by atoms with Crippen molar-refractivity contribution < 1.29 is 9.53 Å². The highest BCUT2D eigenvalue weighted by molar-refractivity contribution is 9.10. The summed E-state index contributed by atoms with van der Waals surface area (Å²) >= 11 is 11.1. The van der Waals surface area contributed by atoms with E-state index in [2.05, 4.69) is 21.2 Å². The van der Waals surface area contributed by atoms with Crippen LogP contribution in [0.4, 0.5) is 0 Å². The second-order valence-corrected chi connectivity index (χ2v) is 7.08. The zero-order chi connectivity index (χ0) is 16.7. The van der Waals surface area contributed by atoms with Gasteiger partial charge in [-0.25, -0.2) is 0 Å². The first-order valence-electron chi connectivity index (χ1n) is 7.00. The van der Waals surface area contributed by atoms with Crippen LogP contribution in [0.15, 0.2) is 46.9 Å². The molecule has 0 fully saturated rings. The number of methoxy groups -OCH3 is 1. The summed E-state index contributed by atoms with van der Waals surface area (Å²) in [5.74, 6) is 1.98. The van der Waals surface area contributed by atoms with E-state index in [0.717, 1.165) is 27.1 Å². The number of hydrogen-bond acceptors (Lipinski definition) is 3. The Kier molecular flexibility index (Phi) is 7.27. The van der Waals surface area contributed by atoms with Crippen molar-refractivity contribution >= 4 is 45.2 Å². The van der Waals surface area contributed by atoms with Gasteiger partial charge in [-0.1, -0.05) is 35.9 Å². The van der Waals surface area contributed by atoms with E-state index in [4.69, 9.17) is 16.3 Å². The minimum Gasteiger partial charge on any atom is -0.496 e. The van der Waals surface area contributed by atoms with Crippen molar-refractivity contribution in [1.29, 1.82) is 0 Å².